The maximum Gasteiger partial charge on any atom is 0.239 e. The second-order valence-corrected chi connectivity index (χ2v) is 7.39. The van der Waals surface area contributed by atoms with Gasteiger partial charge in [0.25, 0.3) is 0 Å². The Morgan fingerprint density at radius 3 is 2.92 bits per heavy atom. The molecule has 1 saturated heterocycles. The molecular formula is C19H22N4O2S. The monoisotopic (exact) mass is 370 g/mol. The Balaban J connectivity index is 1.48. The molecule has 6 nitrogen and oxygen atoms in total. The Hall–Kier alpha value is -2.06. The van der Waals surface area contributed by atoms with E-state index in [1.54, 1.807) is 0 Å². The van der Waals surface area contributed by atoms with Crippen LogP contribution in [0.15, 0.2) is 35.7 Å². The van der Waals surface area contributed by atoms with Crippen LogP contribution in [-0.2, 0) is 9.53 Å². The van der Waals surface area contributed by atoms with Gasteiger partial charge in [0.15, 0.2) is 5.13 Å². The highest BCUT2D eigenvalue weighted by atomic mass is 32.1. The largest absolute Gasteiger partial charge is 0.378 e. The molecule has 7 heteroatoms. The van der Waals surface area contributed by atoms with E-state index in [4.69, 9.17) is 10.5 Å². The van der Waals surface area contributed by atoms with Crippen LogP contribution in [0.4, 0.5) is 5.13 Å². The van der Waals surface area contributed by atoms with E-state index >= 15 is 0 Å². The second-order valence-electron chi connectivity index (χ2n) is 6.54. The number of amides is 1. The van der Waals surface area contributed by atoms with Crippen molar-refractivity contribution in [1.82, 2.24) is 9.88 Å². The standard InChI is InChI=1S/C19H22N4O2S/c20-9-18(24)22-19-21-17(12-26-19)15-3-1-2-14(8-15)13-4-6-23(7-5-13)16-10-25-11-16/h1-4,8,12,16H,5-7,9-11,20H2,(H,21,22,24). The third-order valence-electron chi connectivity index (χ3n) is 4.84. The number of nitrogens with zero attached hydrogens (tertiary/aromatic N) is 2. The molecule has 0 spiro atoms. The van der Waals surface area contributed by atoms with E-state index in [2.05, 4.69) is 45.5 Å². The molecule has 136 valence electrons. The molecule has 4 rings (SSSR count). The predicted octanol–water partition coefficient (Wildman–Crippen LogP) is 2.20. The van der Waals surface area contributed by atoms with Crippen LogP contribution in [0.5, 0.6) is 0 Å². The van der Waals surface area contributed by atoms with Gasteiger partial charge in [-0.1, -0.05) is 24.3 Å². The molecule has 1 fully saturated rings. The maximum absolute atomic E-state index is 11.4. The van der Waals surface area contributed by atoms with Crippen LogP contribution in [0, 0.1) is 0 Å². The molecule has 0 unspecified atom stereocenters. The molecule has 3 heterocycles. The summed E-state index contributed by atoms with van der Waals surface area (Å²) in [6.07, 6.45) is 3.38. The van der Waals surface area contributed by atoms with Gasteiger partial charge in [0.2, 0.25) is 5.91 Å². The molecule has 1 aromatic carbocycles. The minimum absolute atomic E-state index is 0.0391. The molecule has 1 amide bonds. The number of nitrogens with two attached hydrogens (primary N) is 1. The van der Waals surface area contributed by atoms with Gasteiger partial charge < -0.3 is 15.8 Å². The number of carbonyl (C=O) groups excluding carboxylic acids is 1. The van der Waals surface area contributed by atoms with Crippen LogP contribution in [-0.4, -0.2) is 54.7 Å². The van der Waals surface area contributed by atoms with Gasteiger partial charge >= 0.3 is 0 Å². The van der Waals surface area contributed by atoms with Crippen molar-refractivity contribution in [3.8, 4) is 11.3 Å². The van der Waals surface area contributed by atoms with Crippen molar-refractivity contribution in [2.75, 3.05) is 38.2 Å². The minimum Gasteiger partial charge on any atom is -0.378 e. The van der Waals surface area contributed by atoms with Crippen molar-refractivity contribution in [3.05, 3.63) is 41.3 Å². The Bertz CT molecular complexity index is 828. The van der Waals surface area contributed by atoms with E-state index in [9.17, 15) is 4.79 Å². The smallest absolute Gasteiger partial charge is 0.239 e. The van der Waals surface area contributed by atoms with E-state index in [0.29, 0.717) is 11.2 Å². The number of benzene rings is 1. The highest BCUT2D eigenvalue weighted by Gasteiger charge is 2.27. The molecule has 0 atom stereocenters. The highest BCUT2D eigenvalue weighted by molar-refractivity contribution is 7.14. The first kappa shape index (κ1) is 17.4. The lowest BCUT2D eigenvalue weighted by Crippen LogP contribution is -2.50. The van der Waals surface area contributed by atoms with E-state index in [0.717, 1.165) is 44.0 Å². The van der Waals surface area contributed by atoms with Crippen LogP contribution in [0.2, 0.25) is 0 Å². The number of anilines is 1. The number of thiazole rings is 1. The van der Waals surface area contributed by atoms with E-state index in [-0.39, 0.29) is 12.5 Å². The summed E-state index contributed by atoms with van der Waals surface area (Å²) in [6.45, 7) is 3.76. The number of carbonyl (C=O) groups is 1. The molecule has 0 aliphatic carbocycles. The predicted molar refractivity (Wildman–Crippen MR) is 104 cm³/mol. The number of ether oxygens (including phenoxy) is 1. The molecule has 2 aliphatic heterocycles. The molecule has 1 aromatic heterocycles. The summed E-state index contributed by atoms with van der Waals surface area (Å²) in [6, 6.07) is 9.04. The quantitative estimate of drug-likeness (QED) is 0.843. The topological polar surface area (TPSA) is 80.5 Å². The van der Waals surface area contributed by atoms with Crippen LogP contribution in [0.3, 0.4) is 0 Å². The summed E-state index contributed by atoms with van der Waals surface area (Å²) in [5.41, 5.74) is 9.88. The number of hydrogen-bond acceptors (Lipinski definition) is 6. The van der Waals surface area contributed by atoms with Crippen molar-refractivity contribution >= 4 is 27.9 Å². The fraction of sp³-hybridized carbons (Fsp3) is 0.368. The zero-order valence-corrected chi connectivity index (χ0v) is 15.3. The molecular weight excluding hydrogens is 348 g/mol. The average molecular weight is 370 g/mol. The van der Waals surface area contributed by atoms with Gasteiger partial charge in [0, 0.05) is 24.0 Å². The van der Waals surface area contributed by atoms with E-state index < -0.39 is 0 Å². The fourth-order valence-electron chi connectivity index (χ4n) is 3.23. The Morgan fingerprint density at radius 2 is 2.23 bits per heavy atom. The molecule has 26 heavy (non-hydrogen) atoms. The molecule has 2 aliphatic rings. The summed E-state index contributed by atoms with van der Waals surface area (Å²) in [5.74, 6) is -0.228. The van der Waals surface area contributed by atoms with E-state index in [1.165, 1.54) is 22.5 Å². The number of hydrogen-bond donors (Lipinski definition) is 2. The summed E-state index contributed by atoms with van der Waals surface area (Å²) < 4.78 is 5.30. The lowest BCUT2D eigenvalue weighted by molar-refractivity contribution is -0.114. The third kappa shape index (κ3) is 3.71. The third-order valence-corrected chi connectivity index (χ3v) is 5.60. The first-order valence-electron chi connectivity index (χ1n) is 8.80. The molecule has 0 radical (unpaired) electrons. The zero-order chi connectivity index (χ0) is 17.9. The normalized spacial score (nSPS) is 18.3. The summed E-state index contributed by atoms with van der Waals surface area (Å²) in [5, 5.41) is 5.24. The van der Waals surface area contributed by atoms with Gasteiger partial charge in [0.1, 0.15) is 0 Å². The molecule has 0 saturated carbocycles. The van der Waals surface area contributed by atoms with Crippen LogP contribution < -0.4 is 11.1 Å². The van der Waals surface area contributed by atoms with Gasteiger partial charge in [-0.05, 0) is 23.6 Å². The average Bonchev–Trinajstić information content (AvgIpc) is 3.09. The van der Waals surface area contributed by atoms with Crippen molar-refractivity contribution in [2.24, 2.45) is 5.73 Å². The first-order chi connectivity index (χ1) is 12.7. The van der Waals surface area contributed by atoms with Gasteiger partial charge in [-0.15, -0.1) is 11.3 Å². The molecule has 3 N–H and O–H groups in total. The Kier molecular flexibility index (Phi) is 5.12. The second kappa shape index (κ2) is 7.67. The summed E-state index contributed by atoms with van der Waals surface area (Å²) in [4.78, 5) is 18.4. The van der Waals surface area contributed by atoms with Crippen molar-refractivity contribution in [3.63, 3.8) is 0 Å². The van der Waals surface area contributed by atoms with Crippen LogP contribution in [0.1, 0.15) is 12.0 Å². The Labute approximate surface area is 156 Å². The zero-order valence-electron chi connectivity index (χ0n) is 14.5. The summed E-state index contributed by atoms with van der Waals surface area (Å²) in [7, 11) is 0. The van der Waals surface area contributed by atoms with Crippen molar-refractivity contribution < 1.29 is 9.53 Å². The minimum atomic E-state index is -0.228. The maximum atomic E-state index is 11.4. The summed E-state index contributed by atoms with van der Waals surface area (Å²) >= 11 is 1.41. The lowest BCUT2D eigenvalue weighted by Gasteiger charge is -2.38. The van der Waals surface area contributed by atoms with Crippen molar-refractivity contribution in [2.45, 2.75) is 12.5 Å². The SMILES string of the molecule is NCC(=O)Nc1nc(-c2cccc(C3=CCN(C4COC4)CC3)c2)cs1. The number of aromatic nitrogens is 1. The van der Waals surface area contributed by atoms with Gasteiger partial charge in [-0.25, -0.2) is 4.98 Å². The number of rotatable bonds is 5. The van der Waals surface area contributed by atoms with Crippen LogP contribution in [0.25, 0.3) is 16.8 Å². The number of nitrogens with one attached hydrogen (secondary N) is 1. The van der Waals surface area contributed by atoms with Gasteiger partial charge in [-0.2, -0.15) is 0 Å². The Morgan fingerprint density at radius 1 is 1.38 bits per heavy atom. The van der Waals surface area contributed by atoms with Gasteiger partial charge in [0.05, 0.1) is 31.5 Å². The van der Waals surface area contributed by atoms with Gasteiger partial charge in [-0.3, -0.25) is 9.69 Å². The first-order valence-corrected chi connectivity index (χ1v) is 9.68. The van der Waals surface area contributed by atoms with Crippen LogP contribution >= 0.6 is 11.3 Å². The van der Waals surface area contributed by atoms with Crippen molar-refractivity contribution in [1.29, 1.82) is 0 Å². The fourth-order valence-corrected chi connectivity index (χ4v) is 3.96. The highest BCUT2D eigenvalue weighted by Crippen LogP contribution is 2.30. The molecule has 2 aromatic rings. The lowest BCUT2D eigenvalue weighted by atomic mass is 9.96. The van der Waals surface area contributed by atoms with E-state index in [1.807, 2.05) is 5.38 Å². The molecule has 0 bridgehead atoms.